The number of halogens is 1. The lowest BCUT2D eigenvalue weighted by atomic mass is 10.2. The van der Waals surface area contributed by atoms with Gasteiger partial charge in [-0.15, -0.1) is 0 Å². The quantitative estimate of drug-likeness (QED) is 0.606. The van der Waals surface area contributed by atoms with E-state index in [1.54, 1.807) is 6.20 Å². The number of pyridine rings is 1. The Morgan fingerprint density at radius 3 is 2.58 bits per heavy atom. The Morgan fingerprint density at radius 2 is 1.89 bits per heavy atom. The largest absolute Gasteiger partial charge is 0.363 e. The van der Waals surface area contributed by atoms with Crippen molar-refractivity contribution in [3.63, 3.8) is 0 Å². The molecule has 2 aromatic rings. The molecule has 1 aromatic carbocycles. The van der Waals surface area contributed by atoms with E-state index in [0.717, 1.165) is 17.1 Å². The van der Waals surface area contributed by atoms with Crippen LogP contribution in [0, 0.1) is 3.57 Å². The summed E-state index contributed by atoms with van der Waals surface area (Å²) in [7, 11) is 3.94. The molecule has 0 fully saturated rings. The van der Waals surface area contributed by atoms with Gasteiger partial charge in [-0.25, -0.2) is 4.98 Å². The van der Waals surface area contributed by atoms with Crippen LogP contribution in [0.2, 0.25) is 0 Å². The molecule has 0 aliphatic carbocycles. The number of rotatable bonds is 4. The summed E-state index contributed by atoms with van der Waals surface area (Å²) in [5.41, 5.74) is 1.98. The molecule has 0 amide bonds. The van der Waals surface area contributed by atoms with Gasteiger partial charge in [-0.2, -0.15) is 10.2 Å². The zero-order chi connectivity index (χ0) is 13.7. The van der Waals surface area contributed by atoms with Crippen molar-refractivity contribution in [1.82, 2.24) is 4.98 Å². The van der Waals surface area contributed by atoms with Crippen molar-refractivity contribution >= 4 is 34.1 Å². The van der Waals surface area contributed by atoms with Gasteiger partial charge in [0, 0.05) is 23.9 Å². The fourth-order valence-electron chi connectivity index (χ4n) is 1.51. The average Bonchev–Trinajstić information content (AvgIpc) is 2.41. The van der Waals surface area contributed by atoms with Crippen LogP contribution in [-0.4, -0.2) is 19.1 Å². The second kappa shape index (κ2) is 6.60. The summed E-state index contributed by atoms with van der Waals surface area (Å²) in [6, 6.07) is 11.9. The van der Waals surface area contributed by atoms with Gasteiger partial charge >= 0.3 is 0 Å². The third kappa shape index (κ3) is 4.27. The summed E-state index contributed by atoms with van der Waals surface area (Å²) in [5.74, 6) is 0.932. The molecule has 0 saturated carbocycles. The number of aromatic nitrogens is 1. The Kier molecular flexibility index (Phi) is 4.84. The molecular weight excluding hydrogens is 351 g/mol. The monoisotopic (exact) mass is 366 g/mol. The standard InChI is InChI=1S/C14H15IN4/c1-19(2)14-9-11(7-8-16-14)10-17-18-13-5-3-12(15)4-6-13/h3-9H,10H2,1-2H3. The molecule has 1 heterocycles. The maximum atomic E-state index is 4.27. The molecule has 1 aromatic heterocycles. The Balaban J connectivity index is 2.02. The molecular formula is C14H15IN4. The summed E-state index contributed by atoms with van der Waals surface area (Å²) >= 11 is 2.27. The van der Waals surface area contributed by atoms with E-state index in [-0.39, 0.29) is 0 Å². The van der Waals surface area contributed by atoms with E-state index in [1.807, 2.05) is 55.4 Å². The fourth-order valence-corrected chi connectivity index (χ4v) is 1.87. The molecule has 4 nitrogen and oxygen atoms in total. The highest BCUT2D eigenvalue weighted by Crippen LogP contribution is 2.16. The van der Waals surface area contributed by atoms with Crippen molar-refractivity contribution in [1.29, 1.82) is 0 Å². The first-order valence-electron chi connectivity index (χ1n) is 5.90. The molecule has 0 aliphatic heterocycles. The first-order chi connectivity index (χ1) is 9.15. The van der Waals surface area contributed by atoms with Gasteiger partial charge in [-0.05, 0) is 64.6 Å². The van der Waals surface area contributed by atoms with Gasteiger partial charge in [0.2, 0.25) is 0 Å². The van der Waals surface area contributed by atoms with Crippen molar-refractivity contribution in [2.45, 2.75) is 6.54 Å². The second-order valence-corrected chi connectivity index (χ2v) is 5.54. The van der Waals surface area contributed by atoms with Crippen LogP contribution >= 0.6 is 22.6 Å². The van der Waals surface area contributed by atoms with E-state index in [9.17, 15) is 0 Å². The lowest BCUT2D eigenvalue weighted by Gasteiger charge is -2.11. The van der Waals surface area contributed by atoms with Crippen molar-refractivity contribution in [3.8, 4) is 0 Å². The molecule has 0 unspecified atom stereocenters. The first-order valence-corrected chi connectivity index (χ1v) is 6.98. The SMILES string of the molecule is CN(C)c1cc(CN=Nc2ccc(I)cc2)ccn1. The highest BCUT2D eigenvalue weighted by atomic mass is 127. The molecule has 0 bridgehead atoms. The highest BCUT2D eigenvalue weighted by molar-refractivity contribution is 14.1. The molecule has 0 aliphatic rings. The highest BCUT2D eigenvalue weighted by Gasteiger charge is 1.98. The van der Waals surface area contributed by atoms with Gasteiger partial charge in [0.25, 0.3) is 0 Å². The second-order valence-electron chi connectivity index (χ2n) is 4.29. The van der Waals surface area contributed by atoms with Crippen molar-refractivity contribution < 1.29 is 0 Å². The molecule has 19 heavy (non-hydrogen) atoms. The van der Waals surface area contributed by atoms with Gasteiger partial charge in [0.1, 0.15) is 5.82 Å². The van der Waals surface area contributed by atoms with Gasteiger partial charge in [0.05, 0.1) is 12.2 Å². The van der Waals surface area contributed by atoms with Crippen LogP contribution in [0.4, 0.5) is 11.5 Å². The summed E-state index contributed by atoms with van der Waals surface area (Å²) in [4.78, 5) is 6.24. The van der Waals surface area contributed by atoms with E-state index in [2.05, 4.69) is 37.8 Å². The van der Waals surface area contributed by atoms with Crippen molar-refractivity contribution in [2.75, 3.05) is 19.0 Å². The zero-order valence-electron chi connectivity index (χ0n) is 10.9. The molecule has 98 valence electrons. The van der Waals surface area contributed by atoms with E-state index < -0.39 is 0 Å². The maximum Gasteiger partial charge on any atom is 0.128 e. The minimum atomic E-state index is 0.565. The number of hydrogen-bond acceptors (Lipinski definition) is 4. The Morgan fingerprint density at radius 1 is 1.16 bits per heavy atom. The Hall–Kier alpha value is -1.50. The van der Waals surface area contributed by atoms with Gasteiger partial charge < -0.3 is 4.90 Å². The van der Waals surface area contributed by atoms with Crippen LogP contribution in [0.15, 0.2) is 52.8 Å². The summed E-state index contributed by atoms with van der Waals surface area (Å²) < 4.78 is 1.20. The lowest BCUT2D eigenvalue weighted by Crippen LogP contribution is -2.10. The van der Waals surface area contributed by atoms with Gasteiger partial charge in [-0.3, -0.25) is 0 Å². The van der Waals surface area contributed by atoms with Crippen LogP contribution in [-0.2, 0) is 6.54 Å². The van der Waals surface area contributed by atoms with Crippen LogP contribution in [0.25, 0.3) is 0 Å². The van der Waals surface area contributed by atoms with Crippen LogP contribution < -0.4 is 4.90 Å². The van der Waals surface area contributed by atoms with Crippen LogP contribution in [0.3, 0.4) is 0 Å². The molecule has 0 radical (unpaired) electrons. The van der Waals surface area contributed by atoms with Crippen molar-refractivity contribution in [2.24, 2.45) is 10.2 Å². The summed E-state index contributed by atoms with van der Waals surface area (Å²) in [5, 5.41) is 8.42. The third-order valence-electron chi connectivity index (χ3n) is 2.53. The predicted molar refractivity (Wildman–Crippen MR) is 85.9 cm³/mol. The van der Waals surface area contributed by atoms with Crippen molar-refractivity contribution in [3.05, 3.63) is 51.7 Å². The average molecular weight is 366 g/mol. The first kappa shape index (κ1) is 13.9. The fraction of sp³-hybridized carbons (Fsp3) is 0.214. The van der Waals surface area contributed by atoms with Gasteiger partial charge in [0.15, 0.2) is 0 Å². The number of azo groups is 1. The van der Waals surface area contributed by atoms with E-state index in [0.29, 0.717) is 6.54 Å². The number of hydrogen-bond donors (Lipinski definition) is 0. The summed E-state index contributed by atoms with van der Waals surface area (Å²) in [6.45, 7) is 0.565. The minimum absolute atomic E-state index is 0.565. The Bertz CT molecular complexity index is 564. The minimum Gasteiger partial charge on any atom is -0.363 e. The van der Waals surface area contributed by atoms with E-state index >= 15 is 0 Å². The zero-order valence-corrected chi connectivity index (χ0v) is 13.1. The van der Waals surface area contributed by atoms with Crippen LogP contribution in [0.5, 0.6) is 0 Å². The molecule has 2 rings (SSSR count). The summed E-state index contributed by atoms with van der Waals surface area (Å²) in [6.07, 6.45) is 1.80. The third-order valence-corrected chi connectivity index (χ3v) is 3.25. The molecule has 0 N–H and O–H groups in total. The smallest absolute Gasteiger partial charge is 0.128 e. The number of benzene rings is 1. The van der Waals surface area contributed by atoms with Gasteiger partial charge in [-0.1, -0.05) is 0 Å². The Labute approximate surface area is 126 Å². The molecule has 0 spiro atoms. The topological polar surface area (TPSA) is 40.9 Å². The molecule has 0 atom stereocenters. The molecule has 5 heteroatoms. The molecule has 0 saturated heterocycles. The lowest BCUT2D eigenvalue weighted by molar-refractivity contribution is 0.948. The number of anilines is 1. The normalized spacial score (nSPS) is 10.9. The van der Waals surface area contributed by atoms with E-state index in [4.69, 9.17) is 0 Å². The maximum absolute atomic E-state index is 4.27. The van der Waals surface area contributed by atoms with E-state index in [1.165, 1.54) is 3.57 Å². The predicted octanol–water partition coefficient (Wildman–Crippen LogP) is 4.04. The number of nitrogens with zero attached hydrogens (tertiary/aromatic N) is 4. The van der Waals surface area contributed by atoms with Crippen LogP contribution in [0.1, 0.15) is 5.56 Å².